The van der Waals surface area contributed by atoms with Gasteiger partial charge in [0.25, 0.3) is 0 Å². The van der Waals surface area contributed by atoms with E-state index in [2.05, 4.69) is 10.3 Å². The van der Waals surface area contributed by atoms with Crippen molar-refractivity contribution in [1.29, 1.82) is 0 Å². The second-order valence-electron chi connectivity index (χ2n) is 5.09. The van der Waals surface area contributed by atoms with Crippen molar-refractivity contribution in [3.63, 3.8) is 0 Å². The number of nitrogens with two attached hydrogens (primary N) is 1. The average Bonchev–Trinajstić information content (AvgIpc) is 3.26. The number of hydrogen-bond acceptors (Lipinski definition) is 4. The van der Waals surface area contributed by atoms with Gasteiger partial charge in [-0.25, -0.2) is 0 Å². The van der Waals surface area contributed by atoms with Crippen molar-refractivity contribution < 1.29 is 4.74 Å². The molecule has 1 aromatic carbocycles. The minimum absolute atomic E-state index is 0.456. The molecule has 1 heterocycles. The zero-order chi connectivity index (χ0) is 14.8. The molecule has 4 nitrogen and oxygen atoms in total. The lowest BCUT2D eigenvalue weighted by Crippen LogP contribution is -2.05. The van der Waals surface area contributed by atoms with E-state index >= 15 is 0 Å². The van der Waals surface area contributed by atoms with Gasteiger partial charge in [0.15, 0.2) is 0 Å². The Bertz CT molecular complexity index is 659. The highest BCUT2D eigenvalue weighted by Crippen LogP contribution is 2.32. The van der Waals surface area contributed by atoms with E-state index in [1.165, 1.54) is 12.8 Å². The lowest BCUT2D eigenvalue weighted by Gasteiger charge is -2.11. The second kappa shape index (κ2) is 6.00. The number of benzene rings is 1. The van der Waals surface area contributed by atoms with Gasteiger partial charge in [-0.1, -0.05) is 23.2 Å². The molecular formula is C15H15Cl2N3O. The standard InChI is InChI=1S/C15H15Cl2N3O/c16-10-3-5-13(11(17)7-10)19-14-6-4-12(18)15(20-14)21-8-9-1-2-9/h3-7,9H,1-2,8,18H2,(H,19,20). The smallest absolute Gasteiger partial charge is 0.239 e. The number of hydrogen-bond donors (Lipinski definition) is 2. The molecule has 1 fully saturated rings. The number of ether oxygens (including phenoxy) is 1. The highest BCUT2D eigenvalue weighted by molar-refractivity contribution is 6.36. The third-order valence-corrected chi connectivity index (χ3v) is 3.78. The summed E-state index contributed by atoms with van der Waals surface area (Å²) in [5.41, 5.74) is 7.14. The summed E-state index contributed by atoms with van der Waals surface area (Å²) in [5.74, 6) is 1.73. The molecular weight excluding hydrogens is 309 g/mol. The molecule has 6 heteroatoms. The summed E-state index contributed by atoms with van der Waals surface area (Å²) in [6.45, 7) is 0.669. The van der Waals surface area contributed by atoms with E-state index in [0.717, 1.165) is 5.69 Å². The van der Waals surface area contributed by atoms with Crippen LogP contribution in [0, 0.1) is 5.92 Å². The van der Waals surface area contributed by atoms with Gasteiger partial charge in [0, 0.05) is 5.02 Å². The van der Waals surface area contributed by atoms with Gasteiger partial charge in [0.1, 0.15) is 5.82 Å². The van der Waals surface area contributed by atoms with E-state index < -0.39 is 0 Å². The molecule has 3 rings (SSSR count). The minimum atomic E-state index is 0.456. The van der Waals surface area contributed by atoms with Crippen molar-refractivity contribution in [2.24, 2.45) is 5.92 Å². The summed E-state index contributed by atoms with van der Waals surface area (Å²) in [6, 6.07) is 8.78. The molecule has 1 aliphatic rings. The molecule has 3 N–H and O–H groups in total. The second-order valence-corrected chi connectivity index (χ2v) is 5.94. The fraction of sp³-hybridized carbons (Fsp3) is 0.267. The van der Waals surface area contributed by atoms with E-state index in [0.29, 0.717) is 40.0 Å². The molecule has 1 aromatic heterocycles. The topological polar surface area (TPSA) is 60.2 Å². The van der Waals surface area contributed by atoms with E-state index in [-0.39, 0.29) is 0 Å². The summed E-state index contributed by atoms with van der Waals surface area (Å²) in [7, 11) is 0. The van der Waals surface area contributed by atoms with Gasteiger partial charge < -0.3 is 15.8 Å². The normalized spacial score (nSPS) is 14.0. The van der Waals surface area contributed by atoms with Crippen molar-refractivity contribution in [2.75, 3.05) is 17.7 Å². The monoisotopic (exact) mass is 323 g/mol. The molecule has 1 aliphatic carbocycles. The fourth-order valence-corrected chi connectivity index (χ4v) is 2.30. The number of halogens is 2. The Morgan fingerprint density at radius 3 is 2.76 bits per heavy atom. The van der Waals surface area contributed by atoms with Crippen LogP contribution in [-0.2, 0) is 0 Å². The molecule has 0 unspecified atom stereocenters. The first-order valence-corrected chi connectivity index (χ1v) is 7.49. The van der Waals surface area contributed by atoms with Crippen LogP contribution in [0.3, 0.4) is 0 Å². The predicted molar refractivity (Wildman–Crippen MR) is 86.6 cm³/mol. The molecule has 0 amide bonds. The third-order valence-electron chi connectivity index (χ3n) is 3.24. The van der Waals surface area contributed by atoms with Crippen LogP contribution in [0.5, 0.6) is 5.88 Å². The Balaban J connectivity index is 1.76. The van der Waals surface area contributed by atoms with Crippen LogP contribution in [0.25, 0.3) is 0 Å². The van der Waals surface area contributed by atoms with Crippen LogP contribution >= 0.6 is 23.2 Å². The third kappa shape index (κ3) is 3.71. The molecule has 0 bridgehead atoms. The van der Waals surface area contributed by atoms with Crippen LogP contribution in [0.4, 0.5) is 17.2 Å². The first-order valence-electron chi connectivity index (χ1n) is 6.73. The lowest BCUT2D eigenvalue weighted by molar-refractivity contribution is 0.290. The molecule has 0 radical (unpaired) electrons. The van der Waals surface area contributed by atoms with Crippen LogP contribution in [0.2, 0.25) is 10.0 Å². The number of rotatable bonds is 5. The fourth-order valence-electron chi connectivity index (χ4n) is 1.85. The number of pyridine rings is 1. The molecule has 110 valence electrons. The van der Waals surface area contributed by atoms with Gasteiger partial charge in [-0.05, 0) is 49.1 Å². The highest BCUT2D eigenvalue weighted by Gasteiger charge is 2.22. The van der Waals surface area contributed by atoms with Crippen LogP contribution in [0.1, 0.15) is 12.8 Å². The van der Waals surface area contributed by atoms with Crippen molar-refractivity contribution in [1.82, 2.24) is 4.98 Å². The van der Waals surface area contributed by atoms with Crippen molar-refractivity contribution in [3.05, 3.63) is 40.4 Å². The summed E-state index contributed by atoms with van der Waals surface area (Å²) in [4.78, 5) is 4.38. The van der Waals surface area contributed by atoms with Crippen LogP contribution in [-0.4, -0.2) is 11.6 Å². The molecule has 1 saturated carbocycles. The Hall–Kier alpha value is -1.65. The summed E-state index contributed by atoms with van der Waals surface area (Å²) < 4.78 is 5.66. The largest absolute Gasteiger partial charge is 0.476 e. The minimum Gasteiger partial charge on any atom is -0.476 e. The predicted octanol–water partition coefficient (Wildman–Crippen LogP) is 4.50. The maximum Gasteiger partial charge on any atom is 0.239 e. The first kappa shape index (κ1) is 14.3. The van der Waals surface area contributed by atoms with E-state index in [4.69, 9.17) is 33.7 Å². The molecule has 2 aromatic rings. The number of aromatic nitrogens is 1. The number of nitrogen functional groups attached to an aromatic ring is 1. The summed E-state index contributed by atoms with van der Waals surface area (Å²) >= 11 is 12.0. The molecule has 0 saturated heterocycles. The molecule has 0 aliphatic heterocycles. The van der Waals surface area contributed by atoms with E-state index in [1.807, 2.05) is 0 Å². The number of anilines is 3. The van der Waals surface area contributed by atoms with Gasteiger partial charge in [0.2, 0.25) is 5.88 Å². The van der Waals surface area contributed by atoms with E-state index in [1.54, 1.807) is 30.3 Å². The first-order chi connectivity index (χ1) is 10.1. The average molecular weight is 324 g/mol. The van der Waals surface area contributed by atoms with Crippen molar-refractivity contribution >= 4 is 40.4 Å². The van der Waals surface area contributed by atoms with Crippen LogP contribution < -0.4 is 15.8 Å². The quantitative estimate of drug-likeness (QED) is 0.850. The Labute approximate surface area is 133 Å². The van der Waals surface area contributed by atoms with Gasteiger partial charge in [0.05, 0.1) is 23.0 Å². The van der Waals surface area contributed by atoms with E-state index in [9.17, 15) is 0 Å². The van der Waals surface area contributed by atoms with Gasteiger partial charge in [-0.2, -0.15) is 4.98 Å². The van der Waals surface area contributed by atoms with Gasteiger partial charge in [-0.15, -0.1) is 0 Å². The number of nitrogens with zero attached hydrogens (tertiary/aromatic N) is 1. The van der Waals surface area contributed by atoms with Gasteiger partial charge >= 0.3 is 0 Å². The highest BCUT2D eigenvalue weighted by atomic mass is 35.5. The molecule has 0 spiro atoms. The Kier molecular flexibility index (Phi) is 4.08. The zero-order valence-electron chi connectivity index (χ0n) is 11.3. The Morgan fingerprint density at radius 2 is 2.05 bits per heavy atom. The summed E-state index contributed by atoms with van der Waals surface area (Å²) in [5, 5.41) is 4.25. The Morgan fingerprint density at radius 1 is 1.24 bits per heavy atom. The maximum absolute atomic E-state index is 6.13. The maximum atomic E-state index is 6.13. The number of nitrogens with one attached hydrogen (secondary N) is 1. The summed E-state index contributed by atoms with van der Waals surface area (Å²) in [6.07, 6.45) is 2.44. The van der Waals surface area contributed by atoms with Crippen LogP contribution in [0.15, 0.2) is 30.3 Å². The SMILES string of the molecule is Nc1ccc(Nc2ccc(Cl)cc2Cl)nc1OCC1CC1. The molecule has 21 heavy (non-hydrogen) atoms. The molecule has 0 atom stereocenters. The lowest BCUT2D eigenvalue weighted by atomic mass is 10.3. The zero-order valence-corrected chi connectivity index (χ0v) is 12.8. The van der Waals surface area contributed by atoms with Crippen molar-refractivity contribution in [3.8, 4) is 5.88 Å². The van der Waals surface area contributed by atoms with Crippen molar-refractivity contribution in [2.45, 2.75) is 12.8 Å². The van der Waals surface area contributed by atoms with Gasteiger partial charge in [-0.3, -0.25) is 0 Å².